The molecule has 36 heavy (non-hydrogen) atoms. The molecule has 3 aromatic carbocycles. The Kier molecular flexibility index (Phi) is 8.99. The quantitative estimate of drug-likeness (QED) is 0.240. The normalized spacial score (nSPS) is 10.4. The molecule has 3 aromatic rings. The molecule has 0 aromatic heterocycles. The van der Waals surface area contributed by atoms with Crippen molar-refractivity contribution in [1.29, 1.82) is 0 Å². The first-order chi connectivity index (χ1) is 17.4. The number of rotatable bonds is 9. The summed E-state index contributed by atoms with van der Waals surface area (Å²) in [4.78, 5) is 36.3. The zero-order valence-corrected chi connectivity index (χ0v) is 20.0. The van der Waals surface area contributed by atoms with Crippen LogP contribution in [-0.4, -0.2) is 44.8 Å². The van der Waals surface area contributed by atoms with E-state index in [1.807, 2.05) is 25.1 Å². The van der Waals surface area contributed by atoms with Gasteiger partial charge in [0.25, 0.3) is 5.91 Å². The number of amides is 3. The van der Waals surface area contributed by atoms with E-state index < -0.39 is 11.8 Å². The molecule has 0 fully saturated rings. The third kappa shape index (κ3) is 7.59. The summed E-state index contributed by atoms with van der Waals surface area (Å²) < 4.78 is 16.0. The summed E-state index contributed by atoms with van der Waals surface area (Å²) in [6.07, 6.45) is 1.34. The molecule has 0 radical (unpaired) electrons. The first kappa shape index (κ1) is 25.8. The van der Waals surface area contributed by atoms with E-state index in [1.165, 1.54) is 20.4 Å². The van der Waals surface area contributed by atoms with Gasteiger partial charge in [0.15, 0.2) is 18.1 Å². The van der Waals surface area contributed by atoms with Crippen molar-refractivity contribution in [2.45, 2.75) is 6.92 Å². The van der Waals surface area contributed by atoms with Gasteiger partial charge in [-0.25, -0.2) is 5.43 Å². The minimum Gasteiger partial charge on any atom is -0.497 e. The minimum absolute atomic E-state index is 0.212. The second-order valence-corrected chi connectivity index (χ2v) is 7.50. The smallest absolute Gasteiger partial charge is 0.329 e. The molecule has 3 rings (SSSR count). The topological polar surface area (TPSA) is 127 Å². The van der Waals surface area contributed by atoms with Crippen molar-refractivity contribution in [1.82, 2.24) is 5.43 Å². The maximum atomic E-state index is 12.2. The molecule has 0 aliphatic heterocycles. The third-order valence-corrected chi connectivity index (χ3v) is 4.76. The Morgan fingerprint density at radius 1 is 0.833 bits per heavy atom. The minimum atomic E-state index is -0.944. The van der Waals surface area contributed by atoms with Crippen LogP contribution in [0.2, 0.25) is 0 Å². The number of ether oxygens (including phenoxy) is 3. The number of hydrogen-bond donors (Lipinski definition) is 3. The number of aryl methyl sites for hydroxylation is 1. The number of hydrogen-bond acceptors (Lipinski definition) is 7. The highest BCUT2D eigenvalue weighted by atomic mass is 16.5. The monoisotopic (exact) mass is 490 g/mol. The molecular formula is C26H26N4O6. The van der Waals surface area contributed by atoms with Gasteiger partial charge in [-0.05, 0) is 60.5 Å². The Morgan fingerprint density at radius 3 is 2.31 bits per heavy atom. The van der Waals surface area contributed by atoms with E-state index in [-0.39, 0.29) is 12.5 Å². The molecule has 0 saturated heterocycles. The SMILES string of the molecule is COc1cccc(NC(=O)C(=O)N/N=C\c2ccc(OCC(=O)Nc3cccc(C)c3)c(OC)c2)c1. The molecule has 10 heteroatoms. The van der Waals surface area contributed by atoms with Crippen LogP contribution in [-0.2, 0) is 14.4 Å². The van der Waals surface area contributed by atoms with Gasteiger partial charge in [-0.2, -0.15) is 5.10 Å². The molecule has 0 aliphatic rings. The fourth-order valence-corrected chi connectivity index (χ4v) is 3.05. The number of benzene rings is 3. The number of carbonyl (C=O) groups is 3. The lowest BCUT2D eigenvalue weighted by molar-refractivity contribution is -0.136. The highest BCUT2D eigenvalue weighted by Gasteiger charge is 2.13. The number of nitrogens with zero attached hydrogens (tertiary/aromatic N) is 1. The molecule has 0 unspecified atom stereocenters. The number of hydrazone groups is 1. The van der Waals surface area contributed by atoms with E-state index in [1.54, 1.807) is 48.5 Å². The Bertz CT molecular complexity index is 1270. The number of nitrogens with one attached hydrogen (secondary N) is 3. The van der Waals surface area contributed by atoms with Crippen molar-refractivity contribution < 1.29 is 28.6 Å². The summed E-state index contributed by atoms with van der Waals surface area (Å²) in [5, 5.41) is 9.02. The first-order valence-corrected chi connectivity index (χ1v) is 10.8. The van der Waals surface area contributed by atoms with Crippen molar-refractivity contribution in [2.24, 2.45) is 5.10 Å². The first-order valence-electron chi connectivity index (χ1n) is 10.8. The Hall–Kier alpha value is -4.86. The van der Waals surface area contributed by atoms with Gasteiger partial charge < -0.3 is 24.8 Å². The molecular weight excluding hydrogens is 464 g/mol. The summed E-state index contributed by atoms with van der Waals surface area (Å²) in [5.74, 6) is -0.880. The zero-order chi connectivity index (χ0) is 25.9. The maximum absolute atomic E-state index is 12.2. The molecule has 0 spiro atoms. The third-order valence-electron chi connectivity index (χ3n) is 4.76. The van der Waals surface area contributed by atoms with Crippen molar-refractivity contribution in [3.05, 3.63) is 77.9 Å². The fourth-order valence-electron chi connectivity index (χ4n) is 3.05. The Morgan fingerprint density at radius 2 is 1.58 bits per heavy atom. The molecule has 10 nitrogen and oxygen atoms in total. The number of methoxy groups -OCH3 is 2. The van der Waals surface area contributed by atoms with Crippen LogP contribution >= 0.6 is 0 Å². The van der Waals surface area contributed by atoms with Crippen LogP contribution in [0.4, 0.5) is 11.4 Å². The van der Waals surface area contributed by atoms with E-state index in [0.29, 0.717) is 34.2 Å². The average Bonchev–Trinajstić information content (AvgIpc) is 2.87. The second kappa shape index (κ2) is 12.6. The van der Waals surface area contributed by atoms with Crippen molar-refractivity contribution in [2.75, 3.05) is 31.5 Å². The van der Waals surface area contributed by atoms with Crippen molar-refractivity contribution in [3.63, 3.8) is 0 Å². The fraction of sp³-hybridized carbons (Fsp3) is 0.154. The van der Waals surface area contributed by atoms with E-state index in [0.717, 1.165) is 5.56 Å². The Labute approximate surface area is 208 Å². The van der Waals surface area contributed by atoms with Gasteiger partial charge in [-0.3, -0.25) is 14.4 Å². The van der Waals surface area contributed by atoms with Crippen LogP contribution in [0.1, 0.15) is 11.1 Å². The van der Waals surface area contributed by atoms with E-state index in [9.17, 15) is 14.4 Å². The van der Waals surface area contributed by atoms with E-state index in [2.05, 4.69) is 21.2 Å². The van der Waals surface area contributed by atoms with Crippen LogP contribution in [0.25, 0.3) is 0 Å². The molecule has 186 valence electrons. The number of carbonyl (C=O) groups excluding carboxylic acids is 3. The van der Waals surface area contributed by atoms with Gasteiger partial charge in [0, 0.05) is 17.4 Å². The summed E-state index contributed by atoms with van der Waals surface area (Å²) in [5.41, 5.74) is 4.85. The average molecular weight is 491 g/mol. The molecule has 0 heterocycles. The number of anilines is 2. The molecule has 0 saturated carbocycles. The van der Waals surface area contributed by atoms with E-state index in [4.69, 9.17) is 14.2 Å². The van der Waals surface area contributed by atoms with Gasteiger partial charge in [-0.1, -0.05) is 18.2 Å². The lowest BCUT2D eigenvalue weighted by atomic mass is 10.2. The van der Waals surface area contributed by atoms with Gasteiger partial charge >= 0.3 is 11.8 Å². The van der Waals surface area contributed by atoms with Crippen LogP contribution < -0.4 is 30.3 Å². The summed E-state index contributed by atoms with van der Waals surface area (Å²) in [6, 6.07) is 18.9. The highest BCUT2D eigenvalue weighted by molar-refractivity contribution is 6.39. The lowest BCUT2D eigenvalue weighted by Crippen LogP contribution is -2.32. The van der Waals surface area contributed by atoms with Crippen LogP contribution in [0.5, 0.6) is 17.2 Å². The largest absolute Gasteiger partial charge is 0.497 e. The molecule has 0 atom stereocenters. The molecule has 0 bridgehead atoms. The van der Waals surface area contributed by atoms with Gasteiger partial charge in [0.1, 0.15) is 5.75 Å². The summed E-state index contributed by atoms with van der Waals surface area (Å²) in [6.45, 7) is 1.72. The maximum Gasteiger partial charge on any atom is 0.329 e. The van der Waals surface area contributed by atoms with Crippen LogP contribution in [0.15, 0.2) is 71.8 Å². The van der Waals surface area contributed by atoms with Gasteiger partial charge in [0.05, 0.1) is 20.4 Å². The van der Waals surface area contributed by atoms with Crippen molar-refractivity contribution >= 4 is 35.3 Å². The highest BCUT2D eigenvalue weighted by Crippen LogP contribution is 2.27. The predicted molar refractivity (Wildman–Crippen MR) is 136 cm³/mol. The summed E-state index contributed by atoms with van der Waals surface area (Å²) in [7, 11) is 2.96. The molecule has 3 N–H and O–H groups in total. The zero-order valence-electron chi connectivity index (χ0n) is 20.0. The summed E-state index contributed by atoms with van der Waals surface area (Å²) >= 11 is 0. The van der Waals surface area contributed by atoms with Crippen molar-refractivity contribution in [3.8, 4) is 17.2 Å². The van der Waals surface area contributed by atoms with Crippen LogP contribution in [0.3, 0.4) is 0 Å². The Balaban J connectivity index is 1.52. The van der Waals surface area contributed by atoms with Crippen LogP contribution in [0, 0.1) is 6.92 Å². The van der Waals surface area contributed by atoms with E-state index >= 15 is 0 Å². The standard InChI is InChI=1S/C26H26N4O6/c1-17-6-4-7-19(12-17)28-24(31)16-36-22-11-10-18(13-23(22)35-3)15-27-30-26(33)25(32)29-20-8-5-9-21(14-20)34-2/h4-15H,16H2,1-3H3,(H,28,31)(H,29,32)(H,30,33)/b27-15-. The lowest BCUT2D eigenvalue weighted by Gasteiger charge is -2.11. The second-order valence-electron chi connectivity index (χ2n) is 7.50. The predicted octanol–water partition coefficient (Wildman–Crippen LogP) is 3.12. The molecule has 0 aliphatic carbocycles. The van der Waals surface area contributed by atoms with Gasteiger partial charge in [-0.15, -0.1) is 0 Å². The van der Waals surface area contributed by atoms with Gasteiger partial charge in [0.2, 0.25) is 0 Å². The molecule has 3 amide bonds.